The lowest BCUT2D eigenvalue weighted by molar-refractivity contribution is -0.144. The van der Waals surface area contributed by atoms with Crippen molar-refractivity contribution in [2.75, 3.05) is 20.3 Å². The quantitative estimate of drug-likeness (QED) is 0.811. The Morgan fingerprint density at radius 3 is 2.62 bits per heavy atom. The number of ether oxygens (including phenoxy) is 1. The number of nitrogens with zero attached hydrogens (tertiary/aromatic N) is 1. The van der Waals surface area contributed by atoms with E-state index in [-0.39, 0.29) is 25.5 Å². The van der Waals surface area contributed by atoms with E-state index in [1.54, 1.807) is 7.05 Å². The van der Waals surface area contributed by atoms with Gasteiger partial charge in [0.05, 0.1) is 25.7 Å². The smallest absolute Gasteiger partial charge is 0.311 e. The minimum Gasteiger partial charge on any atom is -0.481 e. The first kappa shape index (κ1) is 15.5. The number of hydrogen-bond acceptors (Lipinski definition) is 4. The summed E-state index contributed by atoms with van der Waals surface area (Å²) < 4.78 is 5.20. The van der Waals surface area contributed by atoms with Crippen LogP contribution >= 0.6 is 0 Å². The summed E-state index contributed by atoms with van der Waals surface area (Å²) in [6.07, 6.45) is 0.215. The van der Waals surface area contributed by atoms with Crippen LogP contribution in [0.25, 0.3) is 0 Å². The summed E-state index contributed by atoms with van der Waals surface area (Å²) in [5.74, 6) is -1.72. The molecule has 0 aromatic heterocycles. The average Bonchev–Trinajstić information content (AvgIpc) is 2.96. The number of carbonyl (C=O) groups excluding carboxylic acids is 1. The third kappa shape index (κ3) is 3.40. The number of likely N-dealkylation sites (N-methyl/N-ethyl adjacent to an activating group) is 1. The van der Waals surface area contributed by atoms with Crippen LogP contribution in [-0.2, 0) is 27.3 Å². The lowest BCUT2D eigenvalue weighted by Crippen LogP contribution is -2.44. The van der Waals surface area contributed by atoms with Crippen molar-refractivity contribution in [3.8, 4) is 0 Å². The van der Waals surface area contributed by atoms with E-state index in [4.69, 9.17) is 15.6 Å². The van der Waals surface area contributed by atoms with Crippen molar-refractivity contribution in [1.82, 2.24) is 4.90 Å². The molecule has 1 aliphatic rings. The molecule has 21 heavy (non-hydrogen) atoms. The van der Waals surface area contributed by atoms with Gasteiger partial charge in [0.15, 0.2) is 0 Å². The Morgan fingerprint density at radius 2 is 2.00 bits per heavy atom. The molecule has 2 rings (SSSR count). The van der Waals surface area contributed by atoms with Crippen molar-refractivity contribution in [3.63, 3.8) is 0 Å². The number of carboxylic acids is 1. The van der Waals surface area contributed by atoms with Gasteiger partial charge in [-0.25, -0.2) is 0 Å². The third-order valence-electron chi connectivity index (χ3n) is 3.94. The zero-order valence-corrected chi connectivity index (χ0v) is 12.0. The Morgan fingerprint density at radius 1 is 1.33 bits per heavy atom. The maximum absolute atomic E-state index is 12.4. The van der Waals surface area contributed by atoms with E-state index in [0.717, 1.165) is 11.1 Å². The molecule has 1 fully saturated rings. The third-order valence-corrected chi connectivity index (χ3v) is 3.94. The van der Waals surface area contributed by atoms with Crippen molar-refractivity contribution in [2.45, 2.75) is 19.0 Å². The lowest BCUT2D eigenvalue weighted by Gasteiger charge is -2.26. The second kappa shape index (κ2) is 6.69. The van der Waals surface area contributed by atoms with Gasteiger partial charge in [-0.15, -0.1) is 0 Å². The molecule has 0 saturated carbocycles. The molecule has 0 radical (unpaired) electrons. The van der Waals surface area contributed by atoms with Gasteiger partial charge in [-0.2, -0.15) is 0 Å². The van der Waals surface area contributed by atoms with Crippen LogP contribution in [0.2, 0.25) is 0 Å². The molecule has 1 aromatic rings. The highest BCUT2D eigenvalue weighted by Gasteiger charge is 2.38. The van der Waals surface area contributed by atoms with Crippen LogP contribution < -0.4 is 5.73 Å². The molecule has 1 heterocycles. The van der Waals surface area contributed by atoms with Crippen LogP contribution in [-0.4, -0.2) is 48.2 Å². The number of nitrogens with two attached hydrogens (primary N) is 1. The second-order valence-corrected chi connectivity index (χ2v) is 5.20. The molecule has 6 nitrogen and oxygen atoms in total. The monoisotopic (exact) mass is 292 g/mol. The Balaban J connectivity index is 2.07. The van der Waals surface area contributed by atoms with Gasteiger partial charge in [0, 0.05) is 13.6 Å². The lowest BCUT2D eigenvalue weighted by atomic mass is 10.0. The summed E-state index contributed by atoms with van der Waals surface area (Å²) in [5.41, 5.74) is 7.47. The first-order chi connectivity index (χ1) is 10.0. The summed E-state index contributed by atoms with van der Waals surface area (Å²) in [6, 6.07) is 7.08. The van der Waals surface area contributed by atoms with Gasteiger partial charge in [-0.3, -0.25) is 9.59 Å². The summed E-state index contributed by atoms with van der Waals surface area (Å²) in [4.78, 5) is 25.0. The number of hydrogen-bond donors (Lipinski definition) is 2. The fourth-order valence-electron chi connectivity index (χ4n) is 2.56. The van der Waals surface area contributed by atoms with Gasteiger partial charge >= 0.3 is 5.97 Å². The predicted octanol–water partition coefficient (Wildman–Crippen LogP) is 0.246. The summed E-state index contributed by atoms with van der Waals surface area (Å²) >= 11 is 0. The maximum atomic E-state index is 12.4. The fourth-order valence-corrected chi connectivity index (χ4v) is 2.56. The molecule has 2 unspecified atom stereocenters. The second-order valence-electron chi connectivity index (χ2n) is 5.20. The maximum Gasteiger partial charge on any atom is 0.311 e. The van der Waals surface area contributed by atoms with Crippen molar-refractivity contribution in [3.05, 3.63) is 35.4 Å². The average molecular weight is 292 g/mol. The van der Waals surface area contributed by atoms with Crippen LogP contribution in [0.5, 0.6) is 0 Å². The van der Waals surface area contributed by atoms with Crippen molar-refractivity contribution in [2.24, 2.45) is 11.7 Å². The van der Waals surface area contributed by atoms with Crippen LogP contribution in [0.3, 0.4) is 0 Å². The number of carbonyl (C=O) groups is 2. The zero-order chi connectivity index (χ0) is 15.4. The van der Waals surface area contributed by atoms with E-state index in [0.29, 0.717) is 6.54 Å². The van der Waals surface area contributed by atoms with Gasteiger partial charge in [0.2, 0.25) is 5.91 Å². The largest absolute Gasteiger partial charge is 0.481 e. The van der Waals surface area contributed by atoms with Crippen molar-refractivity contribution < 1.29 is 19.4 Å². The Bertz CT molecular complexity index is 532. The highest BCUT2D eigenvalue weighted by Crippen LogP contribution is 2.20. The van der Waals surface area contributed by atoms with Gasteiger partial charge in [0.25, 0.3) is 0 Å². The normalized spacial score (nSPS) is 21.2. The van der Waals surface area contributed by atoms with E-state index in [1.807, 2.05) is 24.3 Å². The number of benzene rings is 1. The topological polar surface area (TPSA) is 92.9 Å². The highest BCUT2D eigenvalue weighted by atomic mass is 16.5. The molecule has 3 N–H and O–H groups in total. The molecule has 0 spiro atoms. The fraction of sp³-hybridized carbons (Fsp3) is 0.467. The van der Waals surface area contributed by atoms with Crippen LogP contribution in [0.15, 0.2) is 24.3 Å². The molecule has 1 aromatic carbocycles. The minimum absolute atomic E-state index is 0.127. The molecule has 0 aliphatic carbocycles. The summed E-state index contributed by atoms with van der Waals surface area (Å²) in [5, 5.41) is 9.15. The molecule has 6 heteroatoms. The van der Waals surface area contributed by atoms with Gasteiger partial charge in [0.1, 0.15) is 5.92 Å². The molecule has 1 amide bonds. The SMILES string of the molecule is CN(C(=O)Cc1ccccc1CN)C1COCC1C(=O)O. The van der Waals surface area contributed by atoms with E-state index < -0.39 is 17.9 Å². The molecular formula is C15H20N2O4. The van der Waals surface area contributed by atoms with E-state index in [1.165, 1.54) is 4.90 Å². The first-order valence-electron chi connectivity index (χ1n) is 6.87. The van der Waals surface area contributed by atoms with E-state index in [2.05, 4.69) is 0 Å². The van der Waals surface area contributed by atoms with Crippen molar-refractivity contribution in [1.29, 1.82) is 0 Å². The van der Waals surface area contributed by atoms with Crippen molar-refractivity contribution >= 4 is 11.9 Å². The molecule has 2 atom stereocenters. The zero-order valence-electron chi connectivity index (χ0n) is 12.0. The predicted molar refractivity (Wildman–Crippen MR) is 76.5 cm³/mol. The van der Waals surface area contributed by atoms with Gasteiger partial charge < -0.3 is 20.5 Å². The standard InChI is InChI=1S/C15H20N2O4/c1-17(13-9-21-8-12(13)15(19)20)14(18)6-10-4-2-3-5-11(10)7-16/h2-5,12-13H,6-9,16H2,1H3,(H,19,20). The van der Waals surface area contributed by atoms with Crippen LogP contribution in [0.4, 0.5) is 0 Å². The van der Waals surface area contributed by atoms with Crippen LogP contribution in [0, 0.1) is 5.92 Å². The van der Waals surface area contributed by atoms with Crippen LogP contribution in [0.1, 0.15) is 11.1 Å². The number of carboxylic acid groups (broad SMARTS) is 1. The molecule has 0 bridgehead atoms. The summed E-state index contributed by atoms with van der Waals surface area (Å²) in [6.45, 7) is 0.784. The van der Waals surface area contributed by atoms with E-state index in [9.17, 15) is 9.59 Å². The Kier molecular flexibility index (Phi) is 4.93. The first-order valence-corrected chi connectivity index (χ1v) is 6.87. The number of aliphatic carboxylic acids is 1. The minimum atomic E-state index is -0.931. The Hall–Kier alpha value is -1.92. The molecule has 1 aliphatic heterocycles. The Labute approximate surface area is 123 Å². The highest BCUT2D eigenvalue weighted by molar-refractivity contribution is 5.80. The van der Waals surface area contributed by atoms with Gasteiger partial charge in [-0.1, -0.05) is 24.3 Å². The molecule has 1 saturated heterocycles. The number of amides is 1. The van der Waals surface area contributed by atoms with Gasteiger partial charge in [-0.05, 0) is 11.1 Å². The summed E-state index contributed by atoms with van der Waals surface area (Å²) in [7, 11) is 1.63. The van der Waals surface area contributed by atoms with E-state index >= 15 is 0 Å². The molecule has 114 valence electrons. The number of rotatable bonds is 5. The molecular weight excluding hydrogens is 272 g/mol.